The Bertz CT molecular complexity index is 401. The SMILES string of the molecule is CC(C)(C)OC(=O)N1CC(I)C(S(C)(=O)=O)C1. The van der Waals surface area contributed by atoms with Crippen LogP contribution in [0.4, 0.5) is 4.79 Å². The number of ether oxygens (including phenoxy) is 1. The number of carbonyl (C=O) groups is 1. The third kappa shape index (κ3) is 4.27. The first-order valence-electron chi connectivity index (χ1n) is 5.31. The van der Waals surface area contributed by atoms with E-state index in [0.29, 0.717) is 6.54 Å². The monoisotopic (exact) mass is 375 g/mol. The lowest BCUT2D eigenvalue weighted by atomic mass is 10.2. The zero-order chi connectivity index (χ0) is 13.4. The summed E-state index contributed by atoms with van der Waals surface area (Å²) in [5.74, 6) is 0. The highest BCUT2D eigenvalue weighted by atomic mass is 127. The van der Waals surface area contributed by atoms with Crippen molar-refractivity contribution in [3.05, 3.63) is 0 Å². The topological polar surface area (TPSA) is 63.7 Å². The number of sulfone groups is 1. The lowest BCUT2D eigenvalue weighted by molar-refractivity contribution is 0.0296. The second-order valence-electron chi connectivity index (χ2n) is 5.27. The first-order valence-corrected chi connectivity index (χ1v) is 8.51. The zero-order valence-corrected chi connectivity index (χ0v) is 13.4. The van der Waals surface area contributed by atoms with Gasteiger partial charge >= 0.3 is 6.09 Å². The minimum absolute atomic E-state index is 0.0740. The van der Waals surface area contributed by atoms with Crippen LogP contribution in [-0.4, -0.2) is 53.5 Å². The fourth-order valence-corrected chi connectivity index (χ4v) is 4.99. The van der Waals surface area contributed by atoms with Gasteiger partial charge in [0.05, 0.1) is 5.25 Å². The van der Waals surface area contributed by atoms with Crippen LogP contribution in [0.15, 0.2) is 0 Å². The molecule has 1 saturated heterocycles. The lowest BCUT2D eigenvalue weighted by Crippen LogP contribution is -2.36. The molecular formula is C10H18INO4S. The molecule has 2 unspecified atom stereocenters. The Morgan fingerprint density at radius 3 is 2.24 bits per heavy atom. The second-order valence-corrected chi connectivity index (χ2v) is 9.13. The van der Waals surface area contributed by atoms with Crippen LogP contribution in [0.2, 0.25) is 0 Å². The van der Waals surface area contributed by atoms with Crippen molar-refractivity contribution in [1.29, 1.82) is 0 Å². The van der Waals surface area contributed by atoms with E-state index >= 15 is 0 Å². The molecule has 0 aromatic rings. The molecular weight excluding hydrogens is 357 g/mol. The molecule has 0 aromatic heterocycles. The number of rotatable bonds is 1. The third-order valence-corrected chi connectivity index (χ3v) is 5.73. The number of alkyl halides is 1. The standard InChI is InChI=1S/C10H18INO4S/c1-10(2,3)16-9(13)12-5-7(11)8(6-12)17(4,14)15/h7-8H,5-6H2,1-4H3. The van der Waals surface area contributed by atoms with E-state index in [1.165, 1.54) is 11.2 Å². The smallest absolute Gasteiger partial charge is 0.410 e. The molecule has 100 valence electrons. The molecule has 17 heavy (non-hydrogen) atoms. The van der Waals surface area contributed by atoms with Crippen molar-refractivity contribution in [2.45, 2.75) is 35.5 Å². The van der Waals surface area contributed by atoms with E-state index < -0.39 is 26.8 Å². The van der Waals surface area contributed by atoms with Gasteiger partial charge < -0.3 is 9.64 Å². The van der Waals surface area contributed by atoms with E-state index in [1.54, 1.807) is 20.8 Å². The van der Waals surface area contributed by atoms with E-state index in [9.17, 15) is 13.2 Å². The summed E-state index contributed by atoms with van der Waals surface area (Å²) >= 11 is 2.08. The molecule has 0 spiro atoms. The first kappa shape index (κ1) is 15.0. The maximum Gasteiger partial charge on any atom is 0.410 e. The molecule has 2 atom stereocenters. The highest BCUT2D eigenvalue weighted by molar-refractivity contribution is 14.1. The molecule has 0 aliphatic carbocycles. The molecule has 0 saturated carbocycles. The summed E-state index contributed by atoms with van der Waals surface area (Å²) in [4.78, 5) is 13.3. The van der Waals surface area contributed by atoms with E-state index in [4.69, 9.17) is 4.74 Å². The van der Waals surface area contributed by atoms with Gasteiger partial charge in [0.1, 0.15) is 5.60 Å². The van der Waals surface area contributed by atoms with Gasteiger partial charge in [-0.1, -0.05) is 22.6 Å². The molecule has 1 aliphatic heterocycles. The van der Waals surface area contributed by atoms with Crippen molar-refractivity contribution >= 4 is 38.5 Å². The molecule has 0 bridgehead atoms. The maximum absolute atomic E-state index is 11.8. The van der Waals surface area contributed by atoms with Crippen LogP contribution in [0, 0.1) is 0 Å². The van der Waals surface area contributed by atoms with Crippen LogP contribution in [0.3, 0.4) is 0 Å². The van der Waals surface area contributed by atoms with Gasteiger partial charge in [-0.3, -0.25) is 0 Å². The maximum atomic E-state index is 11.8. The Labute approximate surface area is 116 Å². The highest BCUT2D eigenvalue weighted by Crippen LogP contribution is 2.25. The van der Waals surface area contributed by atoms with Gasteiger partial charge in [-0.25, -0.2) is 13.2 Å². The Morgan fingerprint density at radius 2 is 1.88 bits per heavy atom. The minimum atomic E-state index is -3.12. The zero-order valence-electron chi connectivity index (χ0n) is 10.4. The Kier molecular flexibility index (Phi) is 4.33. The summed E-state index contributed by atoms with van der Waals surface area (Å²) in [5, 5.41) is -0.490. The van der Waals surface area contributed by atoms with Crippen molar-refractivity contribution in [2.75, 3.05) is 19.3 Å². The Balaban J connectivity index is 2.70. The van der Waals surface area contributed by atoms with Gasteiger partial charge in [0, 0.05) is 23.3 Å². The molecule has 1 rings (SSSR count). The lowest BCUT2D eigenvalue weighted by Gasteiger charge is -2.24. The quantitative estimate of drug-likeness (QED) is 0.514. The number of hydrogen-bond donors (Lipinski definition) is 0. The van der Waals surface area contributed by atoms with E-state index in [1.807, 2.05) is 0 Å². The van der Waals surface area contributed by atoms with Gasteiger partial charge in [-0.15, -0.1) is 0 Å². The summed E-state index contributed by atoms with van der Waals surface area (Å²) in [6.07, 6.45) is 0.771. The van der Waals surface area contributed by atoms with Gasteiger partial charge in [-0.2, -0.15) is 0 Å². The Hall–Kier alpha value is -0.0500. The molecule has 5 nitrogen and oxygen atoms in total. The largest absolute Gasteiger partial charge is 0.444 e. The minimum Gasteiger partial charge on any atom is -0.444 e. The fraction of sp³-hybridized carbons (Fsp3) is 0.900. The molecule has 1 aliphatic rings. The van der Waals surface area contributed by atoms with Crippen LogP contribution in [-0.2, 0) is 14.6 Å². The number of likely N-dealkylation sites (tertiary alicyclic amines) is 1. The van der Waals surface area contributed by atoms with E-state index in [-0.39, 0.29) is 10.5 Å². The van der Waals surface area contributed by atoms with Crippen molar-refractivity contribution in [3.8, 4) is 0 Å². The number of carbonyl (C=O) groups excluding carboxylic acids is 1. The van der Waals surface area contributed by atoms with Gasteiger partial charge in [-0.05, 0) is 20.8 Å². The molecule has 7 heteroatoms. The summed E-state index contributed by atoms with van der Waals surface area (Å²) in [5.41, 5.74) is -0.555. The number of halogens is 1. The molecule has 0 radical (unpaired) electrons. The van der Waals surface area contributed by atoms with Gasteiger partial charge in [0.15, 0.2) is 9.84 Å². The number of hydrogen-bond acceptors (Lipinski definition) is 4. The summed E-state index contributed by atoms with van der Waals surface area (Å²) in [6, 6.07) is 0. The van der Waals surface area contributed by atoms with Crippen LogP contribution < -0.4 is 0 Å². The van der Waals surface area contributed by atoms with E-state index in [2.05, 4.69) is 22.6 Å². The molecule has 1 fully saturated rings. The van der Waals surface area contributed by atoms with Crippen molar-refractivity contribution in [1.82, 2.24) is 4.90 Å². The van der Waals surface area contributed by atoms with Crippen molar-refractivity contribution in [3.63, 3.8) is 0 Å². The Morgan fingerprint density at radius 1 is 1.35 bits per heavy atom. The van der Waals surface area contributed by atoms with Crippen LogP contribution >= 0.6 is 22.6 Å². The summed E-state index contributed by atoms with van der Waals surface area (Å²) in [6.45, 7) is 6.01. The average Bonchev–Trinajstić information content (AvgIpc) is 2.42. The summed E-state index contributed by atoms with van der Waals surface area (Å²) < 4.78 is 28.2. The van der Waals surface area contributed by atoms with Crippen molar-refractivity contribution < 1.29 is 17.9 Å². The highest BCUT2D eigenvalue weighted by Gasteiger charge is 2.40. The predicted molar refractivity (Wildman–Crippen MR) is 74.2 cm³/mol. The number of amides is 1. The normalized spacial score (nSPS) is 26.1. The predicted octanol–water partition coefficient (Wildman–Crippen LogP) is 1.45. The molecule has 1 amide bonds. The number of nitrogens with zero attached hydrogens (tertiary/aromatic N) is 1. The van der Waals surface area contributed by atoms with Gasteiger partial charge in [0.2, 0.25) is 0 Å². The average molecular weight is 375 g/mol. The van der Waals surface area contributed by atoms with E-state index in [0.717, 1.165) is 0 Å². The first-order chi connectivity index (χ1) is 7.50. The van der Waals surface area contributed by atoms with Gasteiger partial charge in [0.25, 0.3) is 0 Å². The summed E-state index contributed by atoms with van der Waals surface area (Å²) in [7, 11) is -3.12. The van der Waals surface area contributed by atoms with Crippen molar-refractivity contribution in [2.24, 2.45) is 0 Å². The molecule has 1 heterocycles. The van der Waals surface area contributed by atoms with Crippen LogP contribution in [0.5, 0.6) is 0 Å². The van der Waals surface area contributed by atoms with Crippen LogP contribution in [0.1, 0.15) is 20.8 Å². The van der Waals surface area contributed by atoms with Crippen LogP contribution in [0.25, 0.3) is 0 Å². The fourth-order valence-electron chi connectivity index (χ4n) is 1.61. The third-order valence-electron chi connectivity index (χ3n) is 2.40. The molecule has 0 aromatic carbocycles. The second kappa shape index (κ2) is 4.91. The molecule has 0 N–H and O–H groups in total.